The van der Waals surface area contributed by atoms with E-state index in [4.69, 9.17) is 0 Å². The van der Waals surface area contributed by atoms with Crippen LogP contribution in [-0.4, -0.2) is 29.6 Å². The molecule has 1 aromatic heterocycles. The SMILES string of the molecule is CCCNCCNc1ncnc2c1CCCCC2. The largest absolute Gasteiger partial charge is 0.368 e. The molecule has 2 N–H and O–H groups in total. The van der Waals surface area contributed by atoms with Crippen molar-refractivity contribution in [2.75, 3.05) is 25.0 Å². The van der Waals surface area contributed by atoms with E-state index >= 15 is 0 Å². The Morgan fingerprint density at radius 2 is 1.94 bits per heavy atom. The Kier molecular flexibility index (Phi) is 5.39. The molecule has 0 fully saturated rings. The van der Waals surface area contributed by atoms with Gasteiger partial charge in [-0.1, -0.05) is 13.3 Å². The average Bonchev–Trinajstić information content (AvgIpc) is 2.64. The highest BCUT2D eigenvalue weighted by Crippen LogP contribution is 2.23. The molecule has 1 aromatic rings. The van der Waals surface area contributed by atoms with Crippen LogP contribution in [0.1, 0.15) is 43.9 Å². The molecule has 0 bridgehead atoms. The van der Waals surface area contributed by atoms with E-state index in [0.29, 0.717) is 0 Å². The summed E-state index contributed by atoms with van der Waals surface area (Å²) in [4.78, 5) is 8.83. The van der Waals surface area contributed by atoms with Gasteiger partial charge in [-0.15, -0.1) is 0 Å². The molecule has 4 heteroatoms. The Morgan fingerprint density at radius 1 is 1.06 bits per heavy atom. The maximum Gasteiger partial charge on any atom is 0.132 e. The van der Waals surface area contributed by atoms with E-state index in [1.165, 1.54) is 36.9 Å². The normalized spacial score (nSPS) is 14.9. The van der Waals surface area contributed by atoms with Gasteiger partial charge in [0.15, 0.2) is 0 Å². The molecule has 0 unspecified atom stereocenters. The summed E-state index contributed by atoms with van der Waals surface area (Å²) in [6.45, 7) is 5.20. The first-order valence-electron chi connectivity index (χ1n) is 7.19. The first-order chi connectivity index (χ1) is 8.92. The molecule has 2 rings (SSSR count). The maximum absolute atomic E-state index is 4.43. The van der Waals surface area contributed by atoms with E-state index in [0.717, 1.165) is 38.3 Å². The standard InChI is InChI=1S/C14H24N4/c1-2-8-15-9-10-16-14-12-6-4-3-5-7-13(12)17-11-18-14/h11,15H,2-10H2,1H3,(H,16,17,18). The van der Waals surface area contributed by atoms with Gasteiger partial charge in [-0.25, -0.2) is 9.97 Å². The van der Waals surface area contributed by atoms with E-state index in [1.807, 2.05) is 0 Å². The molecule has 0 saturated carbocycles. The first-order valence-corrected chi connectivity index (χ1v) is 7.19. The number of aromatic nitrogens is 2. The molecule has 100 valence electrons. The van der Waals surface area contributed by atoms with Gasteiger partial charge >= 0.3 is 0 Å². The van der Waals surface area contributed by atoms with Crippen LogP contribution >= 0.6 is 0 Å². The predicted octanol–water partition coefficient (Wildman–Crippen LogP) is 2.16. The predicted molar refractivity (Wildman–Crippen MR) is 74.9 cm³/mol. The Labute approximate surface area is 110 Å². The molecular weight excluding hydrogens is 224 g/mol. The summed E-state index contributed by atoms with van der Waals surface area (Å²) in [7, 11) is 0. The van der Waals surface area contributed by atoms with Gasteiger partial charge in [-0.3, -0.25) is 0 Å². The summed E-state index contributed by atoms with van der Waals surface area (Å²) < 4.78 is 0. The third-order valence-corrected chi connectivity index (χ3v) is 3.40. The monoisotopic (exact) mass is 248 g/mol. The van der Waals surface area contributed by atoms with Gasteiger partial charge in [-0.2, -0.15) is 0 Å². The zero-order valence-corrected chi connectivity index (χ0v) is 11.3. The minimum atomic E-state index is 0.934. The number of nitrogens with one attached hydrogen (secondary N) is 2. The molecule has 1 heterocycles. The zero-order valence-electron chi connectivity index (χ0n) is 11.3. The molecule has 0 spiro atoms. The minimum Gasteiger partial charge on any atom is -0.368 e. The van der Waals surface area contributed by atoms with Crippen molar-refractivity contribution >= 4 is 5.82 Å². The number of hydrogen-bond acceptors (Lipinski definition) is 4. The lowest BCUT2D eigenvalue weighted by molar-refractivity contribution is 0.686. The van der Waals surface area contributed by atoms with Crippen LogP contribution in [0.2, 0.25) is 0 Å². The molecule has 0 aliphatic heterocycles. The Morgan fingerprint density at radius 3 is 2.83 bits per heavy atom. The maximum atomic E-state index is 4.43. The first kappa shape index (κ1) is 13.3. The van der Waals surface area contributed by atoms with Crippen molar-refractivity contribution in [2.45, 2.75) is 45.4 Å². The highest BCUT2D eigenvalue weighted by molar-refractivity contribution is 5.46. The van der Waals surface area contributed by atoms with Crippen molar-refractivity contribution in [2.24, 2.45) is 0 Å². The van der Waals surface area contributed by atoms with Gasteiger partial charge < -0.3 is 10.6 Å². The smallest absolute Gasteiger partial charge is 0.132 e. The van der Waals surface area contributed by atoms with Crippen molar-refractivity contribution in [3.05, 3.63) is 17.6 Å². The van der Waals surface area contributed by atoms with E-state index in [2.05, 4.69) is 27.5 Å². The van der Waals surface area contributed by atoms with Gasteiger partial charge in [-0.05, 0) is 38.6 Å². The summed E-state index contributed by atoms with van der Waals surface area (Å²) in [5, 5.41) is 6.84. The number of hydrogen-bond donors (Lipinski definition) is 2. The van der Waals surface area contributed by atoms with Crippen LogP contribution in [0.15, 0.2) is 6.33 Å². The second kappa shape index (κ2) is 7.31. The molecule has 1 aliphatic rings. The molecule has 1 aliphatic carbocycles. The molecular formula is C14H24N4. The fourth-order valence-electron chi connectivity index (χ4n) is 2.42. The summed E-state index contributed by atoms with van der Waals surface area (Å²) in [5.74, 6) is 1.06. The van der Waals surface area contributed by atoms with Gasteiger partial charge in [0.25, 0.3) is 0 Å². The van der Waals surface area contributed by atoms with Crippen molar-refractivity contribution in [3.63, 3.8) is 0 Å². The average molecular weight is 248 g/mol. The van der Waals surface area contributed by atoms with E-state index in [-0.39, 0.29) is 0 Å². The summed E-state index contributed by atoms with van der Waals surface area (Å²) in [6.07, 6.45) is 8.97. The van der Waals surface area contributed by atoms with Crippen LogP contribution in [0.25, 0.3) is 0 Å². The van der Waals surface area contributed by atoms with E-state index in [9.17, 15) is 0 Å². The second-order valence-corrected chi connectivity index (χ2v) is 4.88. The van der Waals surface area contributed by atoms with Crippen molar-refractivity contribution in [3.8, 4) is 0 Å². The third kappa shape index (κ3) is 3.67. The lowest BCUT2D eigenvalue weighted by Crippen LogP contribution is -2.23. The topological polar surface area (TPSA) is 49.8 Å². The number of fused-ring (bicyclic) bond motifs is 1. The molecule has 18 heavy (non-hydrogen) atoms. The van der Waals surface area contributed by atoms with E-state index < -0.39 is 0 Å². The number of rotatable bonds is 6. The van der Waals surface area contributed by atoms with Gasteiger partial charge in [0.2, 0.25) is 0 Å². The van der Waals surface area contributed by atoms with Crippen molar-refractivity contribution in [1.82, 2.24) is 15.3 Å². The minimum absolute atomic E-state index is 0.934. The second-order valence-electron chi connectivity index (χ2n) is 4.88. The van der Waals surface area contributed by atoms with Crippen molar-refractivity contribution in [1.29, 1.82) is 0 Å². The number of anilines is 1. The summed E-state index contributed by atoms with van der Waals surface area (Å²) >= 11 is 0. The molecule has 0 radical (unpaired) electrons. The quantitative estimate of drug-likeness (QED) is 0.598. The van der Waals surface area contributed by atoms with Crippen LogP contribution in [0.4, 0.5) is 5.82 Å². The molecule has 0 aromatic carbocycles. The van der Waals surface area contributed by atoms with Gasteiger partial charge in [0.05, 0.1) is 0 Å². The Bertz CT molecular complexity index is 365. The lowest BCUT2D eigenvalue weighted by atomic mass is 10.1. The zero-order chi connectivity index (χ0) is 12.6. The summed E-state index contributed by atoms with van der Waals surface area (Å²) in [6, 6.07) is 0. The van der Waals surface area contributed by atoms with Crippen LogP contribution in [0.5, 0.6) is 0 Å². The van der Waals surface area contributed by atoms with Crippen molar-refractivity contribution < 1.29 is 0 Å². The van der Waals surface area contributed by atoms with Crippen LogP contribution in [0, 0.1) is 0 Å². The Balaban J connectivity index is 1.91. The molecule has 0 saturated heterocycles. The third-order valence-electron chi connectivity index (χ3n) is 3.40. The molecule has 0 atom stereocenters. The molecule has 4 nitrogen and oxygen atoms in total. The van der Waals surface area contributed by atoms with Gasteiger partial charge in [0, 0.05) is 24.3 Å². The van der Waals surface area contributed by atoms with Gasteiger partial charge in [0.1, 0.15) is 12.1 Å². The highest BCUT2D eigenvalue weighted by atomic mass is 15.0. The fourth-order valence-corrected chi connectivity index (χ4v) is 2.42. The molecule has 0 amide bonds. The highest BCUT2D eigenvalue weighted by Gasteiger charge is 2.13. The van der Waals surface area contributed by atoms with Crippen LogP contribution < -0.4 is 10.6 Å². The number of nitrogens with zero attached hydrogens (tertiary/aromatic N) is 2. The van der Waals surface area contributed by atoms with Crippen LogP contribution in [-0.2, 0) is 12.8 Å². The summed E-state index contributed by atoms with van der Waals surface area (Å²) in [5.41, 5.74) is 2.61. The lowest BCUT2D eigenvalue weighted by Gasteiger charge is -2.12. The fraction of sp³-hybridized carbons (Fsp3) is 0.714. The number of aryl methyl sites for hydroxylation is 1. The van der Waals surface area contributed by atoms with Crippen LogP contribution in [0.3, 0.4) is 0 Å². The van der Waals surface area contributed by atoms with E-state index in [1.54, 1.807) is 6.33 Å². The Hall–Kier alpha value is -1.16.